The maximum atomic E-state index is 11.7. The van der Waals surface area contributed by atoms with Crippen LogP contribution in [0.5, 0.6) is 0 Å². The van der Waals surface area contributed by atoms with Crippen LogP contribution in [0.3, 0.4) is 0 Å². The Morgan fingerprint density at radius 2 is 1.08 bits per heavy atom. The van der Waals surface area contributed by atoms with Gasteiger partial charge < -0.3 is 31.6 Å². The van der Waals surface area contributed by atoms with Crippen molar-refractivity contribution in [2.45, 2.75) is 46.2 Å². The monoisotopic (exact) mass is 360 g/mol. The molecular weight excluding hydrogens is 332 g/mol. The lowest BCUT2D eigenvalue weighted by Crippen LogP contribution is -2.46. The lowest BCUT2D eigenvalue weighted by Gasteiger charge is -2.21. The van der Waals surface area contributed by atoms with Crippen molar-refractivity contribution in [3.05, 3.63) is 0 Å². The van der Waals surface area contributed by atoms with Crippen LogP contribution < -0.4 is 22.1 Å². The molecule has 0 aliphatic carbocycles. The molecule has 0 aromatic heterocycles. The van der Waals surface area contributed by atoms with Crippen molar-refractivity contribution < 1.29 is 28.7 Å². The minimum absolute atomic E-state index is 0.103. The average molecular weight is 360 g/mol. The molecule has 0 saturated carbocycles. The molecule has 10 heteroatoms. The molecule has 6 N–H and O–H groups in total. The van der Waals surface area contributed by atoms with Crippen LogP contribution in [-0.2, 0) is 19.1 Å². The first kappa shape index (κ1) is 22.8. The summed E-state index contributed by atoms with van der Waals surface area (Å²) < 4.78 is 8.77. The fourth-order valence-corrected chi connectivity index (χ4v) is 2.11. The number of hydrogen-bond acceptors (Lipinski definition) is 8. The van der Waals surface area contributed by atoms with E-state index in [1.165, 1.54) is 0 Å². The number of carbonyl (C=O) groups is 4. The Kier molecular flexibility index (Phi) is 10.4. The fraction of sp³-hybridized carbons (Fsp3) is 0.733. The van der Waals surface area contributed by atoms with Crippen LogP contribution in [0.4, 0.5) is 9.59 Å². The predicted molar refractivity (Wildman–Crippen MR) is 89.2 cm³/mol. The van der Waals surface area contributed by atoms with Crippen LogP contribution >= 0.6 is 0 Å². The van der Waals surface area contributed by atoms with Crippen LogP contribution in [0.1, 0.15) is 34.1 Å². The molecule has 144 valence electrons. The van der Waals surface area contributed by atoms with Gasteiger partial charge in [0.15, 0.2) is 0 Å². The van der Waals surface area contributed by atoms with Gasteiger partial charge in [-0.15, -0.1) is 0 Å². The number of rotatable bonds is 10. The van der Waals surface area contributed by atoms with E-state index >= 15 is 0 Å². The molecule has 0 aromatic rings. The van der Waals surface area contributed by atoms with E-state index in [0.29, 0.717) is 19.5 Å². The van der Waals surface area contributed by atoms with E-state index in [2.05, 4.69) is 20.1 Å². The molecule has 0 heterocycles. The van der Waals surface area contributed by atoms with Crippen LogP contribution in [-0.4, -0.2) is 49.3 Å². The molecule has 10 nitrogen and oxygen atoms in total. The summed E-state index contributed by atoms with van der Waals surface area (Å²) in [6, 6.07) is -1.35. The van der Waals surface area contributed by atoms with E-state index in [1.54, 1.807) is 27.7 Å². The lowest BCUT2D eigenvalue weighted by molar-refractivity contribution is -0.141. The highest BCUT2D eigenvalue weighted by molar-refractivity contribution is 5.87. The third kappa shape index (κ3) is 9.62. The molecule has 0 bridgehead atoms. The van der Waals surface area contributed by atoms with Crippen LogP contribution in [0, 0.1) is 11.8 Å². The molecule has 2 amide bonds. The van der Waals surface area contributed by atoms with Gasteiger partial charge in [0.2, 0.25) is 0 Å². The molecule has 0 fully saturated rings. The summed E-state index contributed by atoms with van der Waals surface area (Å²) >= 11 is 0. The molecular formula is C15H28N4O6. The van der Waals surface area contributed by atoms with Crippen molar-refractivity contribution in [3.63, 3.8) is 0 Å². The van der Waals surface area contributed by atoms with Crippen molar-refractivity contribution in [3.8, 4) is 0 Å². The zero-order valence-electron chi connectivity index (χ0n) is 15.0. The third-order valence-electron chi connectivity index (χ3n) is 3.33. The van der Waals surface area contributed by atoms with E-state index in [0.717, 1.165) is 0 Å². The highest BCUT2D eigenvalue weighted by atomic mass is 16.6. The Morgan fingerprint density at radius 1 is 0.760 bits per heavy atom. The van der Waals surface area contributed by atoms with Crippen LogP contribution in [0.15, 0.2) is 0 Å². The van der Waals surface area contributed by atoms with E-state index in [-0.39, 0.29) is 11.8 Å². The number of carbonyl (C=O) groups excluding carboxylic acids is 4. The first-order valence-corrected chi connectivity index (χ1v) is 8.05. The second-order valence-corrected chi connectivity index (χ2v) is 6.19. The average Bonchev–Trinajstić information content (AvgIpc) is 2.43. The summed E-state index contributed by atoms with van der Waals surface area (Å²) in [7, 11) is 0. The summed E-state index contributed by atoms with van der Waals surface area (Å²) in [4.78, 5) is 44.8. The molecule has 2 atom stereocenters. The maximum absolute atomic E-state index is 11.7. The number of nitrogens with two attached hydrogens (primary N) is 2. The maximum Gasteiger partial charge on any atom is 0.412 e. The smallest absolute Gasteiger partial charge is 0.375 e. The topological polar surface area (TPSA) is 163 Å². The highest BCUT2D eigenvalue weighted by Crippen LogP contribution is 2.05. The van der Waals surface area contributed by atoms with Crippen molar-refractivity contribution in [1.29, 1.82) is 0 Å². The first-order valence-electron chi connectivity index (χ1n) is 8.05. The molecule has 2 unspecified atom stereocenters. The largest absolute Gasteiger partial charge is 0.412 e. The summed E-state index contributed by atoms with van der Waals surface area (Å²) in [5.74, 6) is -1.68. The second-order valence-electron chi connectivity index (χ2n) is 6.19. The van der Waals surface area contributed by atoms with Crippen molar-refractivity contribution in [1.82, 2.24) is 10.6 Å². The second kappa shape index (κ2) is 11.4. The molecule has 0 rings (SSSR count). The highest BCUT2D eigenvalue weighted by Gasteiger charge is 2.26. The van der Waals surface area contributed by atoms with Gasteiger partial charge in [-0.25, -0.2) is 19.2 Å². The first-order chi connectivity index (χ1) is 11.6. The molecule has 0 spiro atoms. The Hall–Kier alpha value is -2.20. The molecule has 0 aliphatic heterocycles. The number of esters is 2. The molecule has 0 aromatic carbocycles. The van der Waals surface area contributed by atoms with Crippen LogP contribution in [0.2, 0.25) is 0 Å². The summed E-state index contributed by atoms with van der Waals surface area (Å²) in [5, 5.41) is 5.95. The standard InChI is InChI=1S/C15H28N4O6/c1-8(2)10(12(20)24-14(16)22)18-6-5-7-19-11(9(3)4)13(21)25-15(17)23/h8-11,18-19H,5-7H2,1-4H3,(H2,16,22)(H2,17,23). The SMILES string of the molecule is CC(C)C(NCCCNC(C(=O)OC(N)=O)C(C)C)C(=O)OC(N)=O. The number of hydrogen-bond donors (Lipinski definition) is 4. The van der Waals surface area contributed by atoms with Gasteiger partial charge in [-0.1, -0.05) is 27.7 Å². The Balaban J connectivity index is 4.34. The number of nitrogens with one attached hydrogen (secondary N) is 2. The molecule has 25 heavy (non-hydrogen) atoms. The third-order valence-corrected chi connectivity index (χ3v) is 3.33. The summed E-state index contributed by atoms with van der Waals surface area (Å²) in [5.41, 5.74) is 9.67. The van der Waals surface area contributed by atoms with Gasteiger partial charge >= 0.3 is 24.1 Å². The zero-order chi connectivity index (χ0) is 19.6. The summed E-state index contributed by atoms with van der Waals surface area (Å²) in [6.07, 6.45) is -1.72. The Labute approximate surface area is 147 Å². The molecule has 0 saturated heterocycles. The fourth-order valence-electron chi connectivity index (χ4n) is 2.11. The minimum atomic E-state index is -1.15. The van der Waals surface area contributed by atoms with Gasteiger partial charge in [-0.3, -0.25) is 0 Å². The number of ether oxygens (including phenoxy) is 2. The van der Waals surface area contributed by atoms with Gasteiger partial charge in [0.05, 0.1) is 0 Å². The molecule has 0 aliphatic rings. The van der Waals surface area contributed by atoms with Crippen molar-refractivity contribution in [2.75, 3.05) is 13.1 Å². The Morgan fingerprint density at radius 3 is 1.32 bits per heavy atom. The lowest BCUT2D eigenvalue weighted by atomic mass is 10.0. The van der Waals surface area contributed by atoms with Gasteiger partial charge in [-0.2, -0.15) is 0 Å². The van der Waals surface area contributed by atoms with E-state index in [9.17, 15) is 19.2 Å². The normalized spacial score (nSPS) is 13.4. The van der Waals surface area contributed by atoms with E-state index < -0.39 is 36.2 Å². The predicted octanol–water partition coefficient (Wildman–Crippen LogP) is -0.151. The van der Waals surface area contributed by atoms with E-state index in [1.807, 2.05) is 0 Å². The van der Waals surface area contributed by atoms with Crippen molar-refractivity contribution >= 4 is 24.1 Å². The van der Waals surface area contributed by atoms with Gasteiger partial charge in [0.25, 0.3) is 0 Å². The minimum Gasteiger partial charge on any atom is -0.375 e. The molecule has 0 radical (unpaired) electrons. The number of primary amides is 2. The van der Waals surface area contributed by atoms with Crippen LogP contribution in [0.25, 0.3) is 0 Å². The van der Waals surface area contributed by atoms with Crippen molar-refractivity contribution in [2.24, 2.45) is 23.3 Å². The summed E-state index contributed by atoms with van der Waals surface area (Å²) in [6.45, 7) is 8.05. The van der Waals surface area contributed by atoms with E-state index in [4.69, 9.17) is 11.5 Å². The van der Waals surface area contributed by atoms with Gasteiger partial charge in [-0.05, 0) is 31.3 Å². The quantitative estimate of drug-likeness (QED) is 0.237. The van der Waals surface area contributed by atoms with Gasteiger partial charge in [0.1, 0.15) is 12.1 Å². The Bertz CT molecular complexity index is 439. The zero-order valence-corrected chi connectivity index (χ0v) is 15.0. The number of amides is 2. The van der Waals surface area contributed by atoms with Gasteiger partial charge in [0, 0.05) is 0 Å².